The average Bonchev–Trinajstić information content (AvgIpc) is 1.99. The minimum Gasteiger partial charge on any atom is -0.400 e. The zero-order valence-corrected chi connectivity index (χ0v) is 7.15. The molecule has 13 heavy (non-hydrogen) atoms. The molecule has 0 aliphatic heterocycles. The molecule has 0 aromatic carbocycles. The SMILES string of the molecule is CNC(CC(F)(F)F)/C(N)=C/NN. The fourth-order valence-corrected chi connectivity index (χ4v) is 0.815. The summed E-state index contributed by atoms with van der Waals surface area (Å²) in [6, 6.07) is -0.948. The Morgan fingerprint density at radius 2 is 2.08 bits per heavy atom. The predicted molar refractivity (Wildman–Crippen MR) is 43.1 cm³/mol. The largest absolute Gasteiger partial charge is 0.400 e. The Bertz CT molecular complexity index is 177. The fraction of sp³-hybridized carbons (Fsp3) is 0.667. The Morgan fingerprint density at radius 1 is 1.54 bits per heavy atom. The van der Waals surface area contributed by atoms with Gasteiger partial charge >= 0.3 is 6.18 Å². The number of hydrogen-bond acceptors (Lipinski definition) is 4. The summed E-state index contributed by atoms with van der Waals surface area (Å²) in [6.07, 6.45) is -4.15. The molecule has 0 radical (unpaired) electrons. The van der Waals surface area contributed by atoms with Gasteiger partial charge in [0.15, 0.2) is 0 Å². The molecule has 4 nitrogen and oxygen atoms in total. The summed E-state index contributed by atoms with van der Waals surface area (Å²) in [5.41, 5.74) is 7.39. The molecular weight excluding hydrogens is 185 g/mol. The smallest absolute Gasteiger partial charge is 0.390 e. The van der Waals surface area contributed by atoms with E-state index in [1.807, 2.05) is 0 Å². The first-order chi connectivity index (χ1) is 5.90. The van der Waals surface area contributed by atoms with Crippen molar-refractivity contribution in [3.63, 3.8) is 0 Å². The summed E-state index contributed by atoms with van der Waals surface area (Å²) >= 11 is 0. The van der Waals surface area contributed by atoms with Crippen LogP contribution < -0.4 is 22.3 Å². The van der Waals surface area contributed by atoms with Gasteiger partial charge in [-0.1, -0.05) is 0 Å². The number of rotatable bonds is 4. The molecule has 0 aliphatic carbocycles. The maximum Gasteiger partial charge on any atom is 0.390 e. The van der Waals surface area contributed by atoms with Crippen molar-refractivity contribution in [2.45, 2.75) is 18.6 Å². The van der Waals surface area contributed by atoms with Crippen molar-refractivity contribution < 1.29 is 13.2 Å². The Labute approximate surface area is 74.1 Å². The van der Waals surface area contributed by atoms with Gasteiger partial charge < -0.3 is 16.5 Å². The van der Waals surface area contributed by atoms with Crippen LogP contribution in [0.1, 0.15) is 6.42 Å². The Hall–Kier alpha value is -0.950. The van der Waals surface area contributed by atoms with Crippen molar-refractivity contribution >= 4 is 0 Å². The van der Waals surface area contributed by atoms with Crippen molar-refractivity contribution in [2.75, 3.05) is 7.05 Å². The normalized spacial score (nSPS) is 15.6. The van der Waals surface area contributed by atoms with E-state index < -0.39 is 18.6 Å². The summed E-state index contributed by atoms with van der Waals surface area (Å²) in [7, 11) is 1.40. The molecule has 1 unspecified atom stereocenters. The summed E-state index contributed by atoms with van der Waals surface area (Å²) in [5, 5.41) is 2.43. The number of alkyl halides is 3. The molecule has 0 heterocycles. The third-order valence-corrected chi connectivity index (χ3v) is 1.44. The van der Waals surface area contributed by atoms with E-state index in [0.717, 1.165) is 6.20 Å². The third kappa shape index (κ3) is 5.31. The van der Waals surface area contributed by atoms with E-state index in [4.69, 9.17) is 11.6 Å². The van der Waals surface area contributed by atoms with Crippen LogP contribution in [-0.2, 0) is 0 Å². The average molecular weight is 198 g/mol. The van der Waals surface area contributed by atoms with Crippen molar-refractivity contribution in [1.82, 2.24) is 10.7 Å². The van der Waals surface area contributed by atoms with Gasteiger partial charge in [0.05, 0.1) is 12.5 Å². The van der Waals surface area contributed by atoms with Gasteiger partial charge in [0, 0.05) is 11.9 Å². The van der Waals surface area contributed by atoms with E-state index in [0.29, 0.717) is 0 Å². The number of halogens is 3. The molecule has 6 N–H and O–H groups in total. The summed E-state index contributed by atoms with van der Waals surface area (Å²) in [5.74, 6) is 4.87. The molecule has 0 fully saturated rings. The first kappa shape index (κ1) is 12.0. The molecule has 0 saturated heterocycles. The van der Waals surface area contributed by atoms with Crippen LogP contribution >= 0.6 is 0 Å². The van der Waals surface area contributed by atoms with Gasteiger partial charge in [0.1, 0.15) is 0 Å². The summed E-state index contributed by atoms with van der Waals surface area (Å²) < 4.78 is 35.8. The lowest BCUT2D eigenvalue weighted by Gasteiger charge is -2.18. The molecule has 0 aromatic rings. The van der Waals surface area contributed by atoms with Crippen LogP contribution in [-0.4, -0.2) is 19.3 Å². The molecule has 1 atom stereocenters. The van der Waals surface area contributed by atoms with Crippen LogP contribution in [0.5, 0.6) is 0 Å². The first-order valence-corrected chi connectivity index (χ1v) is 3.56. The number of nitrogens with two attached hydrogens (primary N) is 2. The Morgan fingerprint density at radius 3 is 2.38 bits per heavy atom. The first-order valence-electron chi connectivity index (χ1n) is 3.56. The zero-order chi connectivity index (χ0) is 10.5. The van der Waals surface area contributed by atoms with E-state index in [2.05, 4.69) is 10.7 Å². The topological polar surface area (TPSA) is 76.1 Å². The molecule has 0 aromatic heterocycles. The summed E-state index contributed by atoms with van der Waals surface area (Å²) in [4.78, 5) is 0. The molecule has 0 amide bonds. The lowest BCUT2D eigenvalue weighted by Crippen LogP contribution is -2.37. The van der Waals surface area contributed by atoms with Crippen LogP contribution in [0.3, 0.4) is 0 Å². The van der Waals surface area contributed by atoms with Gasteiger partial charge in [0.25, 0.3) is 0 Å². The highest BCUT2D eigenvalue weighted by atomic mass is 19.4. The minimum absolute atomic E-state index is 0.0160. The van der Waals surface area contributed by atoms with Gasteiger partial charge in [0.2, 0.25) is 0 Å². The lowest BCUT2D eigenvalue weighted by molar-refractivity contribution is -0.137. The van der Waals surface area contributed by atoms with Crippen molar-refractivity contribution in [1.29, 1.82) is 0 Å². The number of hydrogen-bond donors (Lipinski definition) is 4. The molecule has 0 bridgehead atoms. The summed E-state index contributed by atoms with van der Waals surface area (Å²) in [6.45, 7) is 0. The lowest BCUT2D eigenvalue weighted by atomic mass is 10.1. The van der Waals surface area contributed by atoms with E-state index >= 15 is 0 Å². The molecule has 0 saturated carbocycles. The number of likely N-dealkylation sites (N-methyl/N-ethyl adjacent to an activating group) is 1. The highest BCUT2D eigenvalue weighted by molar-refractivity contribution is 5.05. The van der Waals surface area contributed by atoms with E-state index in [9.17, 15) is 13.2 Å². The molecule has 78 valence electrons. The monoisotopic (exact) mass is 198 g/mol. The number of hydrazine groups is 1. The van der Waals surface area contributed by atoms with Crippen molar-refractivity contribution in [3.05, 3.63) is 11.9 Å². The zero-order valence-electron chi connectivity index (χ0n) is 7.15. The Kier molecular flexibility index (Phi) is 4.57. The maximum atomic E-state index is 11.9. The van der Waals surface area contributed by atoms with E-state index in [1.54, 1.807) is 0 Å². The van der Waals surface area contributed by atoms with Gasteiger partial charge in [-0.05, 0) is 7.05 Å². The van der Waals surface area contributed by atoms with E-state index in [1.165, 1.54) is 7.05 Å². The number of nitrogens with one attached hydrogen (secondary N) is 2. The van der Waals surface area contributed by atoms with Crippen molar-refractivity contribution in [3.8, 4) is 0 Å². The van der Waals surface area contributed by atoms with Gasteiger partial charge in [-0.3, -0.25) is 5.84 Å². The van der Waals surface area contributed by atoms with Crippen LogP contribution in [0.25, 0.3) is 0 Å². The quantitative estimate of drug-likeness (QED) is 0.372. The highest BCUT2D eigenvalue weighted by Gasteiger charge is 2.32. The molecule has 7 heteroatoms. The van der Waals surface area contributed by atoms with Crippen LogP contribution in [0, 0.1) is 0 Å². The Balaban J connectivity index is 4.26. The fourth-order valence-electron chi connectivity index (χ4n) is 0.815. The molecule has 0 aliphatic rings. The van der Waals surface area contributed by atoms with Gasteiger partial charge in [-0.15, -0.1) is 0 Å². The second-order valence-corrected chi connectivity index (χ2v) is 2.47. The van der Waals surface area contributed by atoms with Crippen LogP contribution in [0.2, 0.25) is 0 Å². The second-order valence-electron chi connectivity index (χ2n) is 2.47. The predicted octanol–water partition coefficient (Wildman–Crippen LogP) is -0.210. The maximum absolute atomic E-state index is 11.9. The van der Waals surface area contributed by atoms with Crippen LogP contribution in [0.4, 0.5) is 13.2 Å². The standard InChI is InChI=1S/C6H13F3N4/c1-12-5(2-6(7,8)9)4(10)3-13-11/h3,5,12-13H,2,10-11H2,1H3/b4-3-. The van der Waals surface area contributed by atoms with Crippen LogP contribution in [0.15, 0.2) is 11.9 Å². The molecular formula is C6H13F3N4. The minimum atomic E-state index is -4.25. The van der Waals surface area contributed by atoms with E-state index in [-0.39, 0.29) is 5.70 Å². The second kappa shape index (κ2) is 4.93. The highest BCUT2D eigenvalue weighted by Crippen LogP contribution is 2.22. The molecule has 0 rings (SSSR count). The third-order valence-electron chi connectivity index (χ3n) is 1.44. The molecule has 0 spiro atoms. The van der Waals surface area contributed by atoms with Crippen molar-refractivity contribution in [2.24, 2.45) is 11.6 Å². The van der Waals surface area contributed by atoms with Gasteiger partial charge in [-0.2, -0.15) is 13.2 Å². The van der Waals surface area contributed by atoms with Gasteiger partial charge in [-0.25, -0.2) is 0 Å².